The fourth-order valence-electron chi connectivity index (χ4n) is 2.43. The Labute approximate surface area is 109 Å². The number of pyridine rings is 1. The highest BCUT2D eigenvalue weighted by molar-refractivity contribution is 9.09. The highest BCUT2D eigenvalue weighted by Crippen LogP contribution is 2.28. The molecule has 3 rings (SSSR count). The van der Waals surface area contributed by atoms with Crippen LogP contribution in [0.3, 0.4) is 0 Å². The van der Waals surface area contributed by atoms with Crippen LogP contribution >= 0.6 is 15.9 Å². The number of aromatic nitrogens is 3. The highest BCUT2D eigenvalue weighted by Gasteiger charge is 2.24. The lowest BCUT2D eigenvalue weighted by molar-refractivity contribution is 0.675. The van der Waals surface area contributed by atoms with Crippen LogP contribution in [-0.2, 0) is 7.05 Å². The summed E-state index contributed by atoms with van der Waals surface area (Å²) >= 11 is 3.56. The molecule has 0 bridgehead atoms. The lowest BCUT2D eigenvalue weighted by Crippen LogP contribution is -2.21. The Morgan fingerprint density at radius 2 is 2.35 bits per heavy atom. The first-order valence-electron chi connectivity index (χ1n) is 5.86. The van der Waals surface area contributed by atoms with E-state index >= 15 is 0 Å². The molecule has 4 nitrogen and oxygen atoms in total. The second-order valence-corrected chi connectivity index (χ2v) is 5.26. The zero-order valence-corrected chi connectivity index (χ0v) is 11.4. The van der Waals surface area contributed by atoms with Crippen LogP contribution in [-0.4, -0.2) is 33.0 Å². The van der Waals surface area contributed by atoms with Gasteiger partial charge in [0, 0.05) is 31.7 Å². The van der Waals surface area contributed by atoms with Crippen molar-refractivity contribution in [2.75, 3.05) is 23.3 Å². The van der Waals surface area contributed by atoms with Crippen LogP contribution in [0.15, 0.2) is 18.6 Å². The number of hydrogen-bond donors (Lipinski definition) is 0. The quantitative estimate of drug-likeness (QED) is 0.796. The molecule has 1 aliphatic heterocycles. The van der Waals surface area contributed by atoms with Crippen LogP contribution in [0, 0.1) is 5.92 Å². The molecule has 0 aliphatic carbocycles. The number of nitrogens with zero attached hydrogens (tertiary/aromatic N) is 4. The second-order valence-electron chi connectivity index (χ2n) is 4.61. The van der Waals surface area contributed by atoms with Crippen molar-refractivity contribution in [3.8, 4) is 0 Å². The molecule has 1 atom stereocenters. The molecular formula is C12H15BrN4. The molecule has 0 radical (unpaired) electrons. The van der Waals surface area contributed by atoms with Crippen LogP contribution in [0.5, 0.6) is 0 Å². The average molecular weight is 295 g/mol. The Morgan fingerprint density at radius 1 is 1.47 bits per heavy atom. The van der Waals surface area contributed by atoms with Crippen molar-refractivity contribution in [1.29, 1.82) is 0 Å². The van der Waals surface area contributed by atoms with Crippen molar-refractivity contribution in [2.45, 2.75) is 6.42 Å². The third kappa shape index (κ3) is 1.82. The van der Waals surface area contributed by atoms with E-state index in [1.807, 2.05) is 30.2 Å². The summed E-state index contributed by atoms with van der Waals surface area (Å²) in [5.74, 6) is 1.77. The van der Waals surface area contributed by atoms with Crippen LogP contribution < -0.4 is 4.90 Å². The molecule has 90 valence electrons. The van der Waals surface area contributed by atoms with Gasteiger partial charge in [0.2, 0.25) is 0 Å². The number of imidazole rings is 1. The Kier molecular flexibility index (Phi) is 2.78. The van der Waals surface area contributed by atoms with Crippen LogP contribution in [0.2, 0.25) is 0 Å². The molecule has 17 heavy (non-hydrogen) atoms. The van der Waals surface area contributed by atoms with E-state index in [4.69, 9.17) is 0 Å². The summed E-state index contributed by atoms with van der Waals surface area (Å²) in [6, 6.07) is 2.02. The molecule has 0 amide bonds. The molecule has 1 fully saturated rings. The van der Waals surface area contributed by atoms with Gasteiger partial charge in [-0.2, -0.15) is 0 Å². The molecule has 0 N–H and O–H groups in total. The van der Waals surface area contributed by atoms with Crippen molar-refractivity contribution in [1.82, 2.24) is 14.5 Å². The van der Waals surface area contributed by atoms with Gasteiger partial charge >= 0.3 is 0 Å². The minimum atomic E-state index is 0.732. The standard InChI is InChI=1S/C12H15BrN4/c1-16-8-15-11-10(16)2-4-14-12(11)17-5-3-9(6-13)7-17/h2,4,8-9H,3,5-7H2,1H3. The van der Waals surface area contributed by atoms with Crippen molar-refractivity contribution in [3.05, 3.63) is 18.6 Å². The van der Waals surface area contributed by atoms with Crippen molar-refractivity contribution in [2.24, 2.45) is 13.0 Å². The Morgan fingerprint density at radius 3 is 3.12 bits per heavy atom. The summed E-state index contributed by atoms with van der Waals surface area (Å²) in [6.07, 6.45) is 4.96. The fraction of sp³-hybridized carbons (Fsp3) is 0.500. The molecule has 1 saturated heterocycles. The molecule has 0 saturated carbocycles. The first-order valence-corrected chi connectivity index (χ1v) is 6.98. The first kappa shape index (κ1) is 11.0. The van der Waals surface area contributed by atoms with E-state index < -0.39 is 0 Å². The zero-order chi connectivity index (χ0) is 11.8. The minimum absolute atomic E-state index is 0.732. The Hall–Kier alpha value is -1.10. The van der Waals surface area contributed by atoms with Crippen molar-refractivity contribution < 1.29 is 0 Å². The van der Waals surface area contributed by atoms with Gasteiger partial charge in [-0.25, -0.2) is 9.97 Å². The van der Waals surface area contributed by atoms with Gasteiger partial charge in [-0.3, -0.25) is 0 Å². The number of hydrogen-bond acceptors (Lipinski definition) is 3. The topological polar surface area (TPSA) is 34.0 Å². The van der Waals surface area contributed by atoms with Gasteiger partial charge in [0.15, 0.2) is 5.82 Å². The molecule has 3 heterocycles. The number of alkyl halides is 1. The first-order chi connectivity index (χ1) is 8.29. The largest absolute Gasteiger partial charge is 0.354 e. The Balaban J connectivity index is 2.00. The molecule has 2 aromatic heterocycles. The third-order valence-corrected chi connectivity index (χ3v) is 4.34. The fourth-order valence-corrected chi connectivity index (χ4v) is 2.96. The van der Waals surface area contributed by atoms with E-state index in [2.05, 4.69) is 30.8 Å². The zero-order valence-electron chi connectivity index (χ0n) is 9.80. The molecule has 0 aromatic carbocycles. The minimum Gasteiger partial charge on any atom is -0.354 e. The number of rotatable bonds is 2. The summed E-state index contributed by atoms with van der Waals surface area (Å²) in [5, 5.41) is 1.07. The lowest BCUT2D eigenvalue weighted by atomic mass is 10.2. The van der Waals surface area contributed by atoms with Gasteiger partial charge < -0.3 is 9.47 Å². The van der Waals surface area contributed by atoms with Crippen molar-refractivity contribution >= 4 is 32.8 Å². The van der Waals surface area contributed by atoms with Gasteiger partial charge in [0.25, 0.3) is 0 Å². The Bertz CT molecular complexity index is 536. The van der Waals surface area contributed by atoms with Crippen molar-refractivity contribution in [3.63, 3.8) is 0 Å². The molecular weight excluding hydrogens is 280 g/mol. The number of aryl methyl sites for hydroxylation is 1. The summed E-state index contributed by atoms with van der Waals surface area (Å²) in [5.41, 5.74) is 2.17. The molecule has 5 heteroatoms. The van der Waals surface area contributed by atoms with E-state index in [0.29, 0.717) is 0 Å². The smallest absolute Gasteiger partial charge is 0.156 e. The molecule has 1 aliphatic rings. The summed E-state index contributed by atoms with van der Waals surface area (Å²) in [4.78, 5) is 11.3. The number of anilines is 1. The highest BCUT2D eigenvalue weighted by atomic mass is 79.9. The van der Waals surface area contributed by atoms with E-state index in [9.17, 15) is 0 Å². The monoisotopic (exact) mass is 294 g/mol. The predicted molar refractivity (Wildman–Crippen MR) is 72.6 cm³/mol. The predicted octanol–water partition coefficient (Wildman–Crippen LogP) is 2.19. The lowest BCUT2D eigenvalue weighted by Gasteiger charge is -2.17. The SMILES string of the molecule is Cn1cnc2c(N3CCC(CBr)C3)nccc21. The van der Waals surface area contributed by atoms with E-state index in [1.54, 1.807) is 0 Å². The van der Waals surface area contributed by atoms with Gasteiger partial charge in [-0.05, 0) is 18.4 Å². The molecule has 0 spiro atoms. The maximum absolute atomic E-state index is 4.51. The van der Waals surface area contributed by atoms with E-state index in [0.717, 1.165) is 41.2 Å². The molecule has 2 aromatic rings. The van der Waals surface area contributed by atoms with Crippen LogP contribution in [0.25, 0.3) is 11.0 Å². The maximum atomic E-state index is 4.51. The van der Waals surface area contributed by atoms with Gasteiger partial charge in [0.05, 0.1) is 11.8 Å². The van der Waals surface area contributed by atoms with Gasteiger partial charge in [0.1, 0.15) is 5.52 Å². The normalized spacial score (nSPS) is 20.4. The average Bonchev–Trinajstić information content (AvgIpc) is 2.96. The van der Waals surface area contributed by atoms with Gasteiger partial charge in [-0.15, -0.1) is 0 Å². The van der Waals surface area contributed by atoms with Crippen LogP contribution in [0.4, 0.5) is 5.82 Å². The summed E-state index contributed by atoms with van der Waals surface area (Å²) in [6.45, 7) is 2.16. The molecule has 1 unspecified atom stereocenters. The third-order valence-electron chi connectivity index (χ3n) is 3.43. The van der Waals surface area contributed by atoms with E-state index in [-0.39, 0.29) is 0 Å². The second kappa shape index (κ2) is 4.29. The van der Waals surface area contributed by atoms with Crippen LogP contribution in [0.1, 0.15) is 6.42 Å². The van der Waals surface area contributed by atoms with E-state index in [1.165, 1.54) is 6.42 Å². The number of fused-ring (bicyclic) bond motifs is 1. The summed E-state index contributed by atoms with van der Waals surface area (Å²) in [7, 11) is 2.02. The number of halogens is 1. The van der Waals surface area contributed by atoms with Gasteiger partial charge in [-0.1, -0.05) is 15.9 Å². The summed E-state index contributed by atoms with van der Waals surface area (Å²) < 4.78 is 2.04. The maximum Gasteiger partial charge on any atom is 0.156 e.